The standard InChI is InChI=1S/C18H25ClN2O/c19-17-10-4-1-6-14(17)13-21(16-8-2-3-9-16)18(22)12-15-7-5-11-20-15/h1,4,6,10,15-16,20H,2-3,5,7-9,11-13H2. The Morgan fingerprint density at radius 2 is 1.95 bits per heavy atom. The summed E-state index contributed by atoms with van der Waals surface area (Å²) in [6, 6.07) is 8.64. The van der Waals surface area contributed by atoms with Crippen LogP contribution in [0.15, 0.2) is 24.3 Å². The Hall–Kier alpha value is -1.06. The van der Waals surface area contributed by atoms with Crippen molar-refractivity contribution in [2.24, 2.45) is 0 Å². The van der Waals surface area contributed by atoms with E-state index >= 15 is 0 Å². The molecule has 1 amide bonds. The summed E-state index contributed by atoms with van der Waals surface area (Å²) in [5, 5.41) is 4.20. The van der Waals surface area contributed by atoms with Crippen LogP contribution in [0.1, 0.15) is 50.5 Å². The van der Waals surface area contributed by atoms with E-state index in [-0.39, 0.29) is 5.91 Å². The molecule has 3 nitrogen and oxygen atoms in total. The van der Waals surface area contributed by atoms with E-state index in [2.05, 4.69) is 10.2 Å². The van der Waals surface area contributed by atoms with E-state index in [0.29, 0.717) is 25.0 Å². The minimum absolute atomic E-state index is 0.284. The van der Waals surface area contributed by atoms with Crippen LogP contribution in [0, 0.1) is 0 Å². The molecule has 0 bridgehead atoms. The Kier molecular flexibility index (Phi) is 5.37. The molecule has 3 rings (SSSR count). The molecule has 0 spiro atoms. The molecule has 1 N–H and O–H groups in total. The van der Waals surface area contributed by atoms with Gasteiger partial charge in [-0.2, -0.15) is 0 Å². The van der Waals surface area contributed by atoms with Crippen LogP contribution >= 0.6 is 11.6 Å². The molecule has 22 heavy (non-hydrogen) atoms. The molecular weight excluding hydrogens is 296 g/mol. The first-order valence-electron chi connectivity index (χ1n) is 8.50. The normalized spacial score (nSPS) is 22.1. The SMILES string of the molecule is O=C(CC1CCCN1)N(Cc1ccccc1Cl)C1CCCC1. The molecule has 1 unspecified atom stereocenters. The first-order chi connectivity index (χ1) is 10.7. The lowest BCUT2D eigenvalue weighted by atomic mass is 10.1. The van der Waals surface area contributed by atoms with Crippen LogP contribution in [-0.2, 0) is 11.3 Å². The second-order valence-electron chi connectivity index (χ2n) is 6.55. The molecule has 1 atom stereocenters. The van der Waals surface area contributed by atoms with Crippen LogP contribution < -0.4 is 5.32 Å². The van der Waals surface area contributed by atoms with Gasteiger partial charge in [0.25, 0.3) is 0 Å². The van der Waals surface area contributed by atoms with E-state index in [9.17, 15) is 4.79 Å². The van der Waals surface area contributed by atoms with Crippen LogP contribution in [0.4, 0.5) is 0 Å². The zero-order chi connectivity index (χ0) is 15.4. The van der Waals surface area contributed by atoms with E-state index in [4.69, 9.17) is 11.6 Å². The number of nitrogens with zero attached hydrogens (tertiary/aromatic N) is 1. The van der Waals surface area contributed by atoms with Crippen LogP contribution in [0.25, 0.3) is 0 Å². The average Bonchev–Trinajstić information content (AvgIpc) is 3.19. The van der Waals surface area contributed by atoms with Crippen molar-refractivity contribution in [3.63, 3.8) is 0 Å². The maximum atomic E-state index is 12.8. The van der Waals surface area contributed by atoms with Gasteiger partial charge in [0.2, 0.25) is 5.91 Å². The topological polar surface area (TPSA) is 32.3 Å². The summed E-state index contributed by atoms with van der Waals surface area (Å²) in [5.41, 5.74) is 1.06. The predicted octanol–water partition coefficient (Wildman–Crippen LogP) is 3.75. The highest BCUT2D eigenvalue weighted by molar-refractivity contribution is 6.31. The molecule has 0 radical (unpaired) electrons. The summed E-state index contributed by atoms with van der Waals surface area (Å²) in [4.78, 5) is 14.9. The van der Waals surface area contributed by atoms with E-state index in [1.807, 2.05) is 24.3 Å². The molecule has 1 aromatic carbocycles. The van der Waals surface area contributed by atoms with Crippen molar-refractivity contribution in [1.29, 1.82) is 0 Å². The van der Waals surface area contributed by atoms with Crippen molar-refractivity contribution < 1.29 is 4.79 Å². The summed E-state index contributed by atoms with van der Waals surface area (Å²) in [6.45, 7) is 1.70. The molecule has 4 heteroatoms. The Balaban J connectivity index is 1.71. The number of amides is 1. The van der Waals surface area contributed by atoms with Crippen molar-refractivity contribution in [2.45, 2.75) is 63.6 Å². The zero-order valence-corrected chi connectivity index (χ0v) is 13.8. The molecule has 1 saturated heterocycles. The van der Waals surface area contributed by atoms with Gasteiger partial charge in [0, 0.05) is 30.1 Å². The van der Waals surface area contributed by atoms with Gasteiger partial charge >= 0.3 is 0 Å². The van der Waals surface area contributed by atoms with Crippen LogP contribution in [0.3, 0.4) is 0 Å². The van der Waals surface area contributed by atoms with Crippen molar-refractivity contribution in [3.05, 3.63) is 34.9 Å². The summed E-state index contributed by atoms with van der Waals surface area (Å²) in [5.74, 6) is 0.284. The first kappa shape index (κ1) is 15.8. The van der Waals surface area contributed by atoms with Gasteiger partial charge in [-0.05, 0) is 43.9 Å². The quantitative estimate of drug-likeness (QED) is 0.896. The third-order valence-electron chi connectivity index (χ3n) is 4.97. The lowest BCUT2D eigenvalue weighted by molar-refractivity contribution is -0.134. The lowest BCUT2D eigenvalue weighted by Crippen LogP contribution is -2.41. The Bertz CT molecular complexity index is 508. The molecule has 2 fully saturated rings. The van der Waals surface area contributed by atoms with Crippen molar-refractivity contribution in [3.8, 4) is 0 Å². The number of halogens is 1. The number of benzene rings is 1. The van der Waals surface area contributed by atoms with Gasteiger partial charge in [0.05, 0.1) is 0 Å². The number of rotatable bonds is 5. The van der Waals surface area contributed by atoms with Crippen molar-refractivity contribution >= 4 is 17.5 Å². The van der Waals surface area contributed by atoms with Crippen LogP contribution in [0.2, 0.25) is 5.02 Å². The number of nitrogens with one attached hydrogen (secondary N) is 1. The second kappa shape index (κ2) is 7.47. The molecule has 1 heterocycles. The molecule has 1 saturated carbocycles. The highest BCUT2D eigenvalue weighted by atomic mass is 35.5. The summed E-state index contributed by atoms with van der Waals surface area (Å²) in [7, 11) is 0. The predicted molar refractivity (Wildman–Crippen MR) is 89.9 cm³/mol. The van der Waals surface area contributed by atoms with Crippen LogP contribution in [0.5, 0.6) is 0 Å². The maximum Gasteiger partial charge on any atom is 0.224 e. The van der Waals surface area contributed by atoms with Gasteiger partial charge in [0.1, 0.15) is 0 Å². The number of carbonyl (C=O) groups is 1. The maximum absolute atomic E-state index is 12.8. The fraction of sp³-hybridized carbons (Fsp3) is 0.611. The summed E-state index contributed by atoms with van der Waals surface area (Å²) < 4.78 is 0. The molecular formula is C18H25ClN2O. The summed E-state index contributed by atoms with van der Waals surface area (Å²) >= 11 is 6.30. The van der Waals surface area contributed by atoms with Gasteiger partial charge in [-0.15, -0.1) is 0 Å². The number of hydrogen-bond donors (Lipinski definition) is 1. The smallest absolute Gasteiger partial charge is 0.224 e. The molecule has 1 aromatic rings. The first-order valence-corrected chi connectivity index (χ1v) is 8.88. The molecule has 0 aromatic heterocycles. The molecule has 120 valence electrons. The van der Waals surface area contributed by atoms with E-state index in [0.717, 1.165) is 36.4 Å². The second-order valence-corrected chi connectivity index (χ2v) is 6.96. The molecule has 1 aliphatic heterocycles. The van der Waals surface area contributed by atoms with Gasteiger partial charge in [-0.25, -0.2) is 0 Å². The Morgan fingerprint density at radius 3 is 2.64 bits per heavy atom. The zero-order valence-electron chi connectivity index (χ0n) is 13.1. The monoisotopic (exact) mass is 320 g/mol. The minimum Gasteiger partial charge on any atom is -0.335 e. The summed E-state index contributed by atoms with van der Waals surface area (Å²) in [6.07, 6.45) is 7.67. The van der Waals surface area contributed by atoms with E-state index in [1.165, 1.54) is 19.3 Å². The average molecular weight is 321 g/mol. The molecule has 2 aliphatic rings. The molecule has 1 aliphatic carbocycles. The minimum atomic E-state index is 0.284. The van der Waals surface area contributed by atoms with Gasteiger partial charge in [-0.3, -0.25) is 4.79 Å². The van der Waals surface area contributed by atoms with E-state index in [1.54, 1.807) is 0 Å². The van der Waals surface area contributed by atoms with Gasteiger partial charge < -0.3 is 10.2 Å². The fourth-order valence-electron chi connectivity index (χ4n) is 3.71. The number of hydrogen-bond acceptors (Lipinski definition) is 2. The Labute approximate surface area is 138 Å². The largest absolute Gasteiger partial charge is 0.335 e. The van der Waals surface area contributed by atoms with Crippen molar-refractivity contribution in [1.82, 2.24) is 10.2 Å². The highest BCUT2D eigenvalue weighted by Crippen LogP contribution is 2.28. The number of carbonyl (C=O) groups excluding carboxylic acids is 1. The highest BCUT2D eigenvalue weighted by Gasteiger charge is 2.29. The van der Waals surface area contributed by atoms with Crippen LogP contribution in [-0.4, -0.2) is 29.4 Å². The third-order valence-corrected chi connectivity index (χ3v) is 5.34. The van der Waals surface area contributed by atoms with Gasteiger partial charge in [-0.1, -0.05) is 42.6 Å². The van der Waals surface area contributed by atoms with Crippen molar-refractivity contribution in [2.75, 3.05) is 6.54 Å². The fourth-order valence-corrected chi connectivity index (χ4v) is 3.90. The Morgan fingerprint density at radius 1 is 1.18 bits per heavy atom. The third kappa shape index (κ3) is 3.82. The lowest BCUT2D eigenvalue weighted by Gasteiger charge is -2.30. The van der Waals surface area contributed by atoms with Gasteiger partial charge in [0.15, 0.2) is 0 Å². The van der Waals surface area contributed by atoms with E-state index < -0.39 is 0 Å².